The van der Waals surface area contributed by atoms with E-state index in [1.165, 1.54) is 5.56 Å². The van der Waals surface area contributed by atoms with Crippen LogP contribution in [0.1, 0.15) is 33.3 Å². The monoisotopic (exact) mass is 277 g/mol. The Bertz CT molecular complexity index is 425. The lowest BCUT2D eigenvalue weighted by Crippen LogP contribution is -2.44. The fourth-order valence-corrected chi connectivity index (χ4v) is 2.56. The number of likely N-dealkylation sites (N-methyl/N-ethyl adjacent to an activating group) is 1. The third-order valence-electron chi connectivity index (χ3n) is 3.79. The second kappa shape index (κ2) is 6.59. The van der Waals surface area contributed by atoms with Gasteiger partial charge in [0.25, 0.3) is 0 Å². The molecule has 1 heterocycles. The van der Waals surface area contributed by atoms with Crippen LogP contribution in [0.25, 0.3) is 0 Å². The van der Waals surface area contributed by atoms with Crippen LogP contribution in [0.5, 0.6) is 5.75 Å². The molecule has 3 nitrogen and oxygen atoms in total. The van der Waals surface area contributed by atoms with Crippen molar-refractivity contribution < 1.29 is 9.47 Å². The highest BCUT2D eigenvalue weighted by Gasteiger charge is 2.22. The van der Waals surface area contributed by atoms with Crippen LogP contribution in [0, 0.1) is 0 Å². The zero-order valence-corrected chi connectivity index (χ0v) is 13.2. The number of ether oxygens (including phenoxy) is 2. The fourth-order valence-electron chi connectivity index (χ4n) is 2.56. The average molecular weight is 277 g/mol. The lowest BCUT2D eigenvalue weighted by molar-refractivity contribution is -0.0466. The van der Waals surface area contributed by atoms with E-state index in [0.717, 1.165) is 32.0 Å². The van der Waals surface area contributed by atoms with E-state index in [4.69, 9.17) is 9.47 Å². The Morgan fingerprint density at radius 2 is 2.05 bits per heavy atom. The Morgan fingerprint density at radius 3 is 2.75 bits per heavy atom. The molecule has 1 unspecified atom stereocenters. The maximum Gasteiger partial charge on any atom is 0.123 e. The average Bonchev–Trinajstić information content (AvgIpc) is 2.44. The molecule has 112 valence electrons. The normalized spacial score (nSPS) is 20.9. The number of nitrogens with zero attached hydrogens (tertiary/aromatic N) is 1. The Kier molecular flexibility index (Phi) is 5.06. The number of hydrogen-bond donors (Lipinski definition) is 0. The summed E-state index contributed by atoms with van der Waals surface area (Å²) in [6, 6.07) is 8.31. The highest BCUT2D eigenvalue weighted by molar-refractivity contribution is 5.38. The van der Waals surface area contributed by atoms with Crippen molar-refractivity contribution in [2.45, 2.75) is 39.2 Å². The van der Waals surface area contributed by atoms with Gasteiger partial charge in [-0.1, -0.05) is 45.9 Å². The van der Waals surface area contributed by atoms with Gasteiger partial charge in [0.05, 0.1) is 6.61 Å². The van der Waals surface area contributed by atoms with Crippen LogP contribution in [-0.2, 0) is 10.2 Å². The largest absolute Gasteiger partial charge is 0.491 e. The summed E-state index contributed by atoms with van der Waals surface area (Å²) in [6.07, 6.45) is 0.178. The van der Waals surface area contributed by atoms with Crippen molar-refractivity contribution in [2.75, 3.05) is 32.8 Å². The van der Waals surface area contributed by atoms with Crippen molar-refractivity contribution in [2.24, 2.45) is 0 Å². The van der Waals surface area contributed by atoms with Crippen LogP contribution in [0.2, 0.25) is 0 Å². The summed E-state index contributed by atoms with van der Waals surface area (Å²) in [7, 11) is 0. The molecule has 3 heteroatoms. The van der Waals surface area contributed by atoms with Gasteiger partial charge in [0.1, 0.15) is 18.5 Å². The fraction of sp³-hybridized carbons (Fsp3) is 0.647. The molecule has 1 aromatic rings. The van der Waals surface area contributed by atoms with Gasteiger partial charge in [-0.3, -0.25) is 4.90 Å². The van der Waals surface area contributed by atoms with Crippen molar-refractivity contribution in [1.82, 2.24) is 4.90 Å². The standard InChI is InChI=1S/C17H27NO2/c1-5-18-10-11-19-14(12-18)13-20-16-9-7-6-8-15(16)17(2,3)4/h6-9,14H,5,10-13H2,1-4H3. The van der Waals surface area contributed by atoms with Crippen LogP contribution >= 0.6 is 0 Å². The smallest absolute Gasteiger partial charge is 0.123 e. The molecular formula is C17H27NO2. The maximum absolute atomic E-state index is 6.04. The van der Waals surface area contributed by atoms with Gasteiger partial charge in [-0.15, -0.1) is 0 Å². The van der Waals surface area contributed by atoms with Gasteiger partial charge >= 0.3 is 0 Å². The minimum absolute atomic E-state index is 0.0967. The predicted molar refractivity (Wildman–Crippen MR) is 82.5 cm³/mol. The summed E-state index contributed by atoms with van der Waals surface area (Å²) >= 11 is 0. The lowest BCUT2D eigenvalue weighted by atomic mass is 9.86. The van der Waals surface area contributed by atoms with Crippen molar-refractivity contribution in [3.05, 3.63) is 29.8 Å². The van der Waals surface area contributed by atoms with Gasteiger partial charge in [0.15, 0.2) is 0 Å². The molecule has 0 aromatic heterocycles. The number of morpholine rings is 1. The summed E-state index contributed by atoms with van der Waals surface area (Å²) in [5.41, 5.74) is 1.35. The molecule has 0 radical (unpaired) electrons. The molecule has 0 N–H and O–H groups in total. The Balaban J connectivity index is 1.97. The van der Waals surface area contributed by atoms with E-state index in [9.17, 15) is 0 Å². The van der Waals surface area contributed by atoms with Gasteiger partial charge in [-0.2, -0.15) is 0 Å². The first kappa shape index (κ1) is 15.3. The zero-order chi connectivity index (χ0) is 14.6. The van der Waals surface area contributed by atoms with Crippen LogP contribution in [0.4, 0.5) is 0 Å². The molecule has 1 fully saturated rings. The second-order valence-electron chi connectivity index (χ2n) is 6.44. The topological polar surface area (TPSA) is 21.7 Å². The number of hydrogen-bond acceptors (Lipinski definition) is 3. The molecule has 1 saturated heterocycles. The Labute approximate surface area is 122 Å². The van der Waals surface area contributed by atoms with E-state index in [-0.39, 0.29) is 11.5 Å². The SMILES string of the molecule is CCN1CCOC(COc2ccccc2C(C)(C)C)C1. The molecule has 2 rings (SSSR count). The van der Waals surface area contributed by atoms with Crippen LogP contribution in [0.3, 0.4) is 0 Å². The first-order chi connectivity index (χ1) is 9.50. The molecule has 0 aliphatic carbocycles. The number of benzene rings is 1. The summed E-state index contributed by atoms with van der Waals surface area (Å²) in [5.74, 6) is 0.984. The minimum atomic E-state index is 0.0967. The van der Waals surface area contributed by atoms with Crippen molar-refractivity contribution >= 4 is 0 Å². The summed E-state index contributed by atoms with van der Waals surface area (Å²) in [5, 5.41) is 0. The van der Waals surface area contributed by atoms with E-state index in [1.54, 1.807) is 0 Å². The second-order valence-corrected chi connectivity index (χ2v) is 6.44. The third kappa shape index (κ3) is 3.97. The summed E-state index contributed by atoms with van der Waals surface area (Å²) < 4.78 is 11.8. The molecule has 0 bridgehead atoms. The number of para-hydroxylation sites is 1. The van der Waals surface area contributed by atoms with E-state index in [2.05, 4.69) is 50.8 Å². The summed E-state index contributed by atoms with van der Waals surface area (Å²) in [4.78, 5) is 2.41. The van der Waals surface area contributed by atoms with Crippen LogP contribution in [-0.4, -0.2) is 43.9 Å². The zero-order valence-electron chi connectivity index (χ0n) is 13.2. The van der Waals surface area contributed by atoms with Crippen molar-refractivity contribution in [1.29, 1.82) is 0 Å². The van der Waals surface area contributed by atoms with Gasteiger partial charge in [-0.05, 0) is 23.6 Å². The molecule has 1 aliphatic heterocycles. The van der Waals surface area contributed by atoms with E-state index < -0.39 is 0 Å². The summed E-state index contributed by atoms with van der Waals surface area (Å²) in [6.45, 7) is 13.4. The van der Waals surface area contributed by atoms with Gasteiger partial charge in [0.2, 0.25) is 0 Å². The molecule has 0 saturated carbocycles. The Morgan fingerprint density at radius 1 is 1.30 bits per heavy atom. The molecule has 0 spiro atoms. The maximum atomic E-state index is 6.04. The van der Waals surface area contributed by atoms with E-state index in [0.29, 0.717) is 6.61 Å². The van der Waals surface area contributed by atoms with Gasteiger partial charge in [-0.25, -0.2) is 0 Å². The van der Waals surface area contributed by atoms with Crippen molar-refractivity contribution in [3.63, 3.8) is 0 Å². The third-order valence-corrected chi connectivity index (χ3v) is 3.79. The quantitative estimate of drug-likeness (QED) is 0.844. The van der Waals surface area contributed by atoms with Gasteiger partial charge in [0, 0.05) is 13.1 Å². The van der Waals surface area contributed by atoms with Gasteiger partial charge < -0.3 is 9.47 Å². The molecule has 1 aliphatic rings. The van der Waals surface area contributed by atoms with Crippen LogP contribution < -0.4 is 4.74 Å². The minimum Gasteiger partial charge on any atom is -0.491 e. The number of rotatable bonds is 4. The molecule has 0 amide bonds. The lowest BCUT2D eigenvalue weighted by Gasteiger charge is -2.32. The predicted octanol–water partition coefficient (Wildman–Crippen LogP) is 3.08. The molecular weight excluding hydrogens is 250 g/mol. The van der Waals surface area contributed by atoms with Crippen molar-refractivity contribution in [3.8, 4) is 5.75 Å². The van der Waals surface area contributed by atoms with E-state index in [1.807, 2.05) is 6.07 Å². The van der Waals surface area contributed by atoms with E-state index >= 15 is 0 Å². The first-order valence-electron chi connectivity index (χ1n) is 7.57. The highest BCUT2D eigenvalue weighted by Crippen LogP contribution is 2.31. The first-order valence-corrected chi connectivity index (χ1v) is 7.57. The molecule has 1 atom stereocenters. The highest BCUT2D eigenvalue weighted by atomic mass is 16.5. The Hall–Kier alpha value is -1.06. The van der Waals surface area contributed by atoms with Crippen LogP contribution in [0.15, 0.2) is 24.3 Å². The molecule has 20 heavy (non-hydrogen) atoms. The molecule has 1 aromatic carbocycles.